The number of pyridine rings is 3. The highest BCUT2D eigenvalue weighted by Gasteiger charge is 2.52. The number of hydrogen-bond acceptors (Lipinski definition) is 5. The van der Waals surface area contributed by atoms with Gasteiger partial charge in [0.2, 0.25) is 0 Å². The molecule has 7 heteroatoms. The Labute approximate surface area is 151 Å². The summed E-state index contributed by atoms with van der Waals surface area (Å²) in [6, 6.07) is 7.91. The molecule has 130 valence electrons. The van der Waals surface area contributed by atoms with Crippen LogP contribution in [0.1, 0.15) is 27.7 Å². The predicted molar refractivity (Wildman–Crippen MR) is 102 cm³/mol. The maximum Gasteiger partial charge on any atom is 0.514 e. The van der Waals surface area contributed by atoms with Crippen molar-refractivity contribution in [2.75, 3.05) is 0 Å². The second-order valence-corrected chi connectivity index (χ2v) is 7.70. The van der Waals surface area contributed by atoms with E-state index < -0.39 is 18.3 Å². The van der Waals surface area contributed by atoms with Crippen molar-refractivity contribution in [2.24, 2.45) is 0 Å². The lowest BCUT2D eigenvalue weighted by Gasteiger charge is -2.32. The van der Waals surface area contributed by atoms with Crippen molar-refractivity contribution < 1.29 is 9.31 Å². The molecule has 0 unspecified atom stereocenters. The third-order valence-electron chi connectivity index (χ3n) is 5.59. The van der Waals surface area contributed by atoms with Gasteiger partial charge in [-0.2, -0.15) is 0 Å². The summed E-state index contributed by atoms with van der Waals surface area (Å²) in [5, 5.41) is 1.96. The largest absolute Gasteiger partial charge is 0.514 e. The molecule has 0 atom stereocenters. The summed E-state index contributed by atoms with van der Waals surface area (Å²) in [6.45, 7) is 8.19. The Hall–Kier alpha value is -2.51. The van der Waals surface area contributed by atoms with E-state index in [9.17, 15) is 0 Å². The van der Waals surface area contributed by atoms with Gasteiger partial charge in [-0.05, 0) is 52.0 Å². The summed E-state index contributed by atoms with van der Waals surface area (Å²) in [5.74, 6) is 0. The van der Waals surface area contributed by atoms with Gasteiger partial charge in [0.1, 0.15) is 11.3 Å². The van der Waals surface area contributed by atoms with E-state index in [1.54, 1.807) is 12.4 Å². The van der Waals surface area contributed by atoms with Crippen LogP contribution in [-0.4, -0.2) is 37.7 Å². The molecule has 0 amide bonds. The van der Waals surface area contributed by atoms with E-state index in [0.717, 1.165) is 33.2 Å². The molecule has 0 saturated carbocycles. The minimum atomic E-state index is -0.505. The van der Waals surface area contributed by atoms with Gasteiger partial charge >= 0.3 is 7.12 Å². The van der Waals surface area contributed by atoms with Crippen molar-refractivity contribution in [1.82, 2.24) is 19.4 Å². The number of aromatic nitrogens is 4. The van der Waals surface area contributed by atoms with Crippen molar-refractivity contribution >= 4 is 40.3 Å². The monoisotopic (exact) mass is 346 g/mol. The van der Waals surface area contributed by atoms with Gasteiger partial charge in [0.05, 0.1) is 22.3 Å². The van der Waals surface area contributed by atoms with E-state index in [1.165, 1.54) is 0 Å². The van der Waals surface area contributed by atoms with Crippen LogP contribution in [0.3, 0.4) is 0 Å². The van der Waals surface area contributed by atoms with E-state index in [-0.39, 0.29) is 0 Å². The Bertz CT molecular complexity index is 1150. The molecule has 6 nitrogen and oxygen atoms in total. The quantitative estimate of drug-likeness (QED) is 0.392. The van der Waals surface area contributed by atoms with Gasteiger partial charge < -0.3 is 9.31 Å². The first-order valence-corrected chi connectivity index (χ1v) is 8.73. The Morgan fingerprint density at radius 2 is 1.42 bits per heavy atom. The molecular formula is C19H19BN4O2. The third-order valence-corrected chi connectivity index (χ3v) is 5.59. The number of fused-ring (bicyclic) bond motifs is 6. The molecule has 5 rings (SSSR count). The Kier molecular flexibility index (Phi) is 3.04. The SMILES string of the molecule is CC1(C)OB(c2cnc3c4cccnc4c4cccnc4n23)OC1(C)C. The van der Waals surface area contributed by atoms with Crippen molar-refractivity contribution in [2.45, 2.75) is 38.9 Å². The Morgan fingerprint density at radius 1 is 0.846 bits per heavy atom. The zero-order valence-electron chi connectivity index (χ0n) is 15.2. The first-order valence-electron chi connectivity index (χ1n) is 8.73. The summed E-state index contributed by atoms with van der Waals surface area (Å²) in [5.41, 5.74) is 2.52. The Morgan fingerprint density at radius 3 is 2.08 bits per heavy atom. The summed E-state index contributed by atoms with van der Waals surface area (Å²) >= 11 is 0. The predicted octanol–water partition coefficient (Wildman–Crippen LogP) is 2.73. The average Bonchev–Trinajstić information content (AvgIpc) is 3.14. The van der Waals surface area contributed by atoms with Crippen LogP contribution in [0.25, 0.3) is 27.6 Å². The first-order chi connectivity index (χ1) is 12.4. The number of hydrogen-bond donors (Lipinski definition) is 0. The lowest BCUT2D eigenvalue weighted by Crippen LogP contribution is -2.41. The summed E-state index contributed by atoms with van der Waals surface area (Å²) in [7, 11) is -0.505. The van der Waals surface area contributed by atoms with Gasteiger partial charge in [0, 0.05) is 29.4 Å². The van der Waals surface area contributed by atoms with Crippen molar-refractivity contribution in [3.05, 3.63) is 42.9 Å². The van der Waals surface area contributed by atoms with Crippen LogP contribution in [0.4, 0.5) is 0 Å². The highest BCUT2D eigenvalue weighted by molar-refractivity contribution is 6.61. The van der Waals surface area contributed by atoms with E-state index in [0.29, 0.717) is 0 Å². The zero-order chi connectivity index (χ0) is 18.1. The molecule has 26 heavy (non-hydrogen) atoms. The van der Waals surface area contributed by atoms with Crippen LogP contribution in [0.2, 0.25) is 0 Å². The van der Waals surface area contributed by atoms with Gasteiger partial charge in [-0.3, -0.25) is 9.38 Å². The minimum Gasteiger partial charge on any atom is -0.398 e. The van der Waals surface area contributed by atoms with E-state index in [4.69, 9.17) is 9.31 Å². The molecule has 0 radical (unpaired) electrons. The highest BCUT2D eigenvalue weighted by atomic mass is 16.7. The summed E-state index contributed by atoms with van der Waals surface area (Å²) < 4.78 is 14.5. The van der Waals surface area contributed by atoms with Gasteiger partial charge in [-0.15, -0.1) is 0 Å². The minimum absolute atomic E-state index is 0.413. The fourth-order valence-electron chi connectivity index (χ4n) is 3.47. The molecule has 0 bridgehead atoms. The lowest BCUT2D eigenvalue weighted by molar-refractivity contribution is 0.00578. The van der Waals surface area contributed by atoms with E-state index in [2.05, 4.69) is 15.0 Å². The average molecular weight is 346 g/mol. The normalized spacial score (nSPS) is 19.0. The van der Waals surface area contributed by atoms with Crippen LogP contribution in [0.5, 0.6) is 0 Å². The molecule has 0 N–H and O–H groups in total. The lowest BCUT2D eigenvalue weighted by atomic mass is 9.85. The summed E-state index contributed by atoms with van der Waals surface area (Å²) in [4.78, 5) is 13.8. The molecule has 4 aromatic rings. The van der Waals surface area contributed by atoms with Crippen molar-refractivity contribution in [3.8, 4) is 0 Å². The maximum absolute atomic E-state index is 6.25. The number of nitrogens with zero attached hydrogens (tertiary/aromatic N) is 4. The van der Waals surface area contributed by atoms with Crippen LogP contribution in [0.15, 0.2) is 42.9 Å². The standard InChI is InChI=1S/C19H19BN4O2/c1-18(2)19(3,4)26-20(25-18)14-11-23-17-13-7-5-9-21-15(13)12-8-6-10-22-16(12)24(14)17/h5-11H,1-4H3. The maximum atomic E-state index is 6.25. The summed E-state index contributed by atoms with van der Waals surface area (Å²) in [6.07, 6.45) is 5.39. The van der Waals surface area contributed by atoms with Gasteiger partial charge in [0.15, 0.2) is 0 Å². The highest BCUT2D eigenvalue weighted by Crippen LogP contribution is 2.37. The van der Waals surface area contributed by atoms with Gasteiger partial charge in [0.25, 0.3) is 0 Å². The second kappa shape index (κ2) is 5.02. The smallest absolute Gasteiger partial charge is 0.398 e. The zero-order valence-corrected chi connectivity index (χ0v) is 15.2. The third kappa shape index (κ3) is 1.98. The fraction of sp³-hybridized carbons (Fsp3) is 0.316. The van der Waals surface area contributed by atoms with Crippen LogP contribution in [-0.2, 0) is 9.31 Å². The van der Waals surface area contributed by atoms with E-state index in [1.807, 2.05) is 62.6 Å². The molecule has 0 aromatic carbocycles. The molecular weight excluding hydrogens is 327 g/mol. The number of rotatable bonds is 1. The fourth-order valence-corrected chi connectivity index (χ4v) is 3.47. The topological polar surface area (TPSA) is 61.5 Å². The van der Waals surface area contributed by atoms with Gasteiger partial charge in [-0.25, -0.2) is 9.97 Å². The van der Waals surface area contributed by atoms with Crippen molar-refractivity contribution in [3.63, 3.8) is 0 Å². The molecule has 1 saturated heterocycles. The van der Waals surface area contributed by atoms with E-state index >= 15 is 0 Å². The molecule has 1 fully saturated rings. The molecule has 1 aliphatic rings. The molecule has 5 heterocycles. The molecule has 0 spiro atoms. The second-order valence-electron chi connectivity index (χ2n) is 7.70. The molecule has 0 aliphatic carbocycles. The number of imidazole rings is 1. The Balaban J connectivity index is 1.85. The molecule has 4 aromatic heterocycles. The first kappa shape index (κ1) is 15.7. The van der Waals surface area contributed by atoms with Crippen LogP contribution >= 0.6 is 0 Å². The van der Waals surface area contributed by atoms with Gasteiger partial charge in [-0.1, -0.05) is 0 Å². The molecule has 1 aliphatic heterocycles. The van der Waals surface area contributed by atoms with Crippen LogP contribution < -0.4 is 5.59 Å². The van der Waals surface area contributed by atoms with Crippen LogP contribution in [0, 0.1) is 0 Å². The van der Waals surface area contributed by atoms with Crippen molar-refractivity contribution in [1.29, 1.82) is 0 Å².